The monoisotopic (exact) mass is 293 g/mol. The molecule has 0 aromatic carbocycles. The Morgan fingerprint density at radius 2 is 1.62 bits per heavy atom. The molecule has 1 aliphatic carbocycles. The molecule has 2 aliphatic rings. The summed E-state index contributed by atoms with van der Waals surface area (Å²) < 4.78 is 0. The van der Waals surface area contributed by atoms with E-state index < -0.39 is 0 Å². The second-order valence-electron chi connectivity index (χ2n) is 7.23. The van der Waals surface area contributed by atoms with Gasteiger partial charge in [-0.2, -0.15) is 5.10 Å². The number of nitrogens with zero attached hydrogens (tertiary/aromatic N) is 2. The van der Waals surface area contributed by atoms with Gasteiger partial charge in [-0.05, 0) is 37.0 Å². The lowest BCUT2D eigenvalue weighted by Crippen LogP contribution is -2.41. The number of amidine groups is 1. The Hall–Kier alpha value is -0.730. The van der Waals surface area contributed by atoms with Crippen molar-refractivity contribution in [3.63, 3.8) is 0 Å². The van der Waals surface area contributed by atoms with Crippen LogP contribution in [0.4, 0.5) is 0 Å². The van der Waals surface area contributed by atoms with Gasteiger partial charge in [0.05, 0.1) is 0 Å². The van der Waals surface area contributed by atoms with Crippen LogP contribution in [0.2, 0.25) is 0 Å². The summed E-state index contributed by atoms with van der Waals surface area (Å²) in [5, 5.41) is 4.02. The minimum absolute atomic E-state index is 0.912. The first kappa shape index (κ1) is 16.6. The zero-order valence-corrected chi connectivity index (χ0v) is 14.2. The molecule has 2 fully saturated rings. The lowest BCUT2D eigenvalue weighted by molar-refractivity contribution is 0.153. The Kier molecular flexibility index (Phi) is 6.85. The van der Waals surface area contributed by atoms with Gasteiger partial charge >= 0.3 is 0 Å². The van der Waals surface area contributed by atoms with Gasteiger partial charge in [0, 0.05) is 19.5 Å². The third-order valence-electron chi connectivity index (χ3n) is 5.91. The molecule has 2 N–H and O–H groups in total. The first-order valence-corrected chi connectivity index (χ1v) is 9.28. The van der Waals surface area contributed by atoms with Crippen LogP contribution in [0.1, 0.15) is 78.1 Å². The van der Waals surface area contributed by atoms with Crippen molar-refractivity contribution < 1.29 is 0 Å². The maximum absolute atomic E-state index is 5.56. The highest BCUT2D eigenvalue weighted by Gasteiger charge is 2.30. The van der Waals surface area contributed by atoms with E-state index in [4.69, 9.17) is 5.84 Å². The standard InChI is InChI=1S/C18H35N3/c1-3-8-18(20-19)21-13-11-17(12-14-21)15(2)16-9-6-4-5-7-10-16/h15-17H,3-14,19H2,1-2H3. The van der Waals surface area contributed by atoms with E-state index in [0.29, 0.717) is 0 Å². The molecule has 1 saturated carbocycles. The van der Waals surface area contributed by atoms with Crippen LogP contribution in [-0.2, 0) is 0 Å². The molecule has 0 bridgehead atoms. The van der Waals surface area contributed by atoms with Crippen LogP contribution in [0.25, 0.3) is 0 Å². The molecular weight excluding hydrogens is 258 g/mol. The van der Waals surface area contributed by atoms with Gasteiger partial charge in [-0.15, -0.1) is 0 Å². The van der Waals surface area contributed by atoms with E-state index in [0.717, 1.165) is 49.5 Å². The zero-order valence-electron chi connectivity index (χ0n) is 14.2. The molecule has 3 heteroatoms. The number of hydrogen-bond acceptors (Lipinski definition) is 2. The van der Waals surface area contributed by atoms with Crippen LogP contribution < -0.4 is 5.84 Å². The first-order valence-electron chi connectivity index (χ1n) is 9.28. The summed E-state index contributed by atoms with van der Waals surface area (Å²) in [5.41, 5.74) is 0. The number of hydrazone groups is 1. The maximum atomic E-state index is 5.56. The van der Waals surface area contributed by atoms with E-state index in [1.807, 2.05) is 0 Å². The minimum atomic E-state index is 0.912. The molecule has 0 aromatic rings. The molecule has 21 heavy (non-hydrogen) atoms. The number of likely N-dealkylation sites (tertiary alicyclic amines) is 1. The number of piperidine rings is 1. The van der Waals surface area contributed by atoms with Gasteiger partial charge in [-0.1, -0.05) is 52.4 Å². The molecule has 0 amide bonds. The van der Waals surface area contributed by atoms with Crippen LogP contribution in [0.5, 0.6) is 0 Å². The Labute approximate surface area is 131 Å². The summed E-state index contributed by atoms with van der Waals surface area (Å²) in [7, 11) is 0. The minimum Gasteiger partial charge on any atom is -0.359 e. The highest BCUT2D eigenvalue weighted by atomic mass is 15.3. The van der Waals surface area contributed by atoms with Gasteiger partial charge in [0.25, 0.3) is 0 Å². The average molecular weight is 293 g/mol. The molecule has 1 heterocycles. The van der Waals surface area contributed by atoms with Gasteiger partial charge in [-0.25, -0.2) is 0 Å². The van der Waals surface area contributed by atoms with Gasteiger partial charge in [0.2, 0.25) is 0 Å². The lowest BCUT2D eigenvalue weighted by atomic mass is 9.75. The van der Waals surface area contributed by atoms with Gasteiger partial charge in [-0.3, -0.25) is 0 Å². The van der Waals surface area contributed by atoms with Crippen LogP contribution in [0.3, 0.4) is 0 Å². The van der Waals surface area contributed by atoms with Crippen molar-refractivity contribution in [2.45, 2.75) is 78.1 Å². The third kappa shape index (κ3) is 4.62. The summed E-state index contributed by atoms with van der Waals surface area (Å²) in [6.45, 7) is 7.06. The van der Waals surface area contributed by atoms with Crippen molar-refractivity contribution in [2.75, 3.05) is 13.1 Å². The highest BCUT2D eigenvalue weighted by molar-refractivity contribution is 5.82. The lowest BCUT2D eigenvalue weighted by Gasteiger charge is -2.39. The van der Waals surface area contributed by atoms with E-state index in [9.17, 15) is 0 Å². The molecule has 0 radical (unpaired) electrons. The summed E-state index contributed by atoms with van der Waals surface area (Å²) in [4.78, 5) is 2.43. The van der Waals surface area contributed by atoms with Crippen LogP contribution in [-0.4, -0.2) is 23.8 Å². The zero-order chi connectivity index (χ0) is 15.1. The summed E-state index contributed by atoms with van der Waals surface area (Å²) in [6.07, 6.45) is 13.7. The van der Waals surface area contributed by atoms with E-state index in [-0.39, 0.29) is 0 Å². The van der Waals surface area contributed by atoms with Crippen LogP contribution >= 0.6 is 0 Å². The quantitative estimate of drug-likeness (QED) is 0.275. The average Bonchev–Trinajstić information content (AvgIpc) is 2.81. The molecule has 1 aliphatic heterocycles. The topological polar surface area (TPSA) is 41.6 Å². The van der Waals surface area contributed by atoms with Crippen LogP contribution in [0, 0.1) is 17.8 Å². The van der Waals surface area contributed by atoms with Gasteiger partial charge in [0.1, 0.15) is 5.84 Å². The normalized spacial score (nSPS) is 24.9. The second kappa shape index (κ2) is 8.65. The fraction of sp³-hybridized carbons (Fsp3) is 0.944. The Morgan fingerprint density at radius 3 is 2.14 bits per heavy atom. The first-order chi connectivity index (χ1) is 10.3. The third-order valence-corrected chi connectivity index (χ3v) is 5.91. The Bertz CT molecular complexity index is 310. The maximum Gasteiger partial charge on any atom is 0.124 e. The Balaban J connectivity index is 1.82. The largest absolute Gasteiger partial charge is 0.359 e. The molecule has 122 valence electrons. The van der Waals surface area contributed by atoms with Crippen molar-refractivity contribution in [1.82, 2.24) is 4.90 Å². The molecule has 3 nitrogen and oxygen atoms in total. The van der Waals surface area contributed by atoms with Crippen molar-refractivity contribution in [1.29, 1.82) is 0 Å². The van der Waals surface area contributed by atoms with E-state index in [1.165, 1.54) is 51.4 Å². The summed E-state index contributed by atoms with van der Waals surface area (Å²) >= 11 is 0. The van der Waals surface area contributed by atoms with Crippen molar-refractivity contribution in [3.8, 4) is 0 Å². The van der Waals surface area contributed by atoms with E-state index >= 15 is 0 Å². The molecule has 1 saturated heterocycles. The predicted molar refractivity (Wildman–Crippen MR) is 91.2 cm³/mol. The van der Waals surface area contributed by atoms with Crippen molar-refractivity contribution in [2.24, 2.45) is 28.7 Å². The van der Waals surface area contributed by atoms with Crippen molar-refractivity contribution >= 4 is 5.84 Å². The van der Waals surface area contributed by atoms with Gasteiger partial charge < -0.3 is 10.7 Å². The molecule has 0 aromatic heterocycles. The highest BCUT2D eigenvalue weighted by Crippen LogP contribution is 2.37. The van der Waals surface area contributed by atoms with E-state index in [2.05, 4.69) is 23.8 Å². The number of rotatable bonds is 4. The predicted octanol–water partition coefficient (Wildman–Crippen LogP) is 4.38. The number of nitrogens with two attached hydrogens (primary N) is 1. The second-order valence-corrected chi connectivity index (χ2v) is 7.23. The number of hydrogen-bond donors (Lipinski definition) is 1. The molecule has 1 atom stereocenters. The molecule has 2 rings (SSSR count). The Morgan fingerprint density at radius 1 is 1.05 bits per heavy atom. The molecular formula is C18H35N3. The fourth-order valence-corrected chi connectivity index (χ4v) is 4.43. The van der Waals surface area contributed by atoms with Crippen molar-refractivity contribution in [3.05, 3.63) is 0 Å². The van der Waals surface area contributed by atoms with E-state index in [1.54, 1.807) is 0 Å². The summed E-state index contributed by atoms with van der Waals surface area (Å²) in [6, 6.07) is 0. The summed E-state index contributed by atoms with van der Waals surface area (Å²) in [5.74, 6) is 9.51. The SMILES string of the molecule is CCCC(=NN)N1CCC(C(C)C2CCCCCC2)CC1. The molecule has 1 unspecified atom stereocenters. The molecule has 0 spiro atoms. The van der Waals surface area contributed by atoms with Crippen LogP contribution in [0.15, 0.2) is 5.10 Å². The smallest absolute Gasteiger partial charge is 0.124 e. The van der Waals surface area contributed by atoms with Gasteiger partial charge in [0.15, 0.2) is 0 Å². The fourth-order valence-electron chi connectivity index (χ4n) is 4.43.